The van der Waals surface area contributed by atoms with E-state index in [4.69, 9.17) is 0 Å². The average Bonchev–Trinajstić information content (AvgIpc) is 2.08. The highest BCUT2D eigenvalue weighted by atomic mass is 16.1. The van der Waals surface area contributed by atoms with Crippen molar-refractivity contribution in [1.82, 2.24) is 0 Å². The number of carbonyl (C=O) groups is 2. The Morgan fingerprint density at radius 3 is 2.23 bits per heavy atom. The van der Waals surface area contributed by atoms with Gasteiger partial charge in [-0.2, -0.15) is 0 Å². The number of allylic oxidation sites excluding steroid dienone is 4. The summed E-state index contributed by atoms with van der Waals surface area (Å²) < 4.78 is 0. The van der Waals surface area contributed by atoms with Crippen molar-refractivity contribution in [3.8, 4) is 0 Å². The van der Waals surface area contributed by atoms with Crippen molar-refractivity contribution < 1.29 is 9.59 Å². The molecule has 0 N–H and O–H groups in total. The van der Waals surface area contributed by atoms with E-state index in [1.165, 1.54) is 18.2 Å². The molecule has 2 nitrogen and oxygen atoms in total. The van der Waals surface area contributed by atoms with Crippen LogP contribution in [0, 0.1) is 11.8 Å². The first kappa shape index (κ1) is 9.90. The lowest BCUT2D eigenvalue weighted by atomic mass is 9.85. The predicted octanol–water partition coefficient (Wildman–Crippen LogP) is 1.91. The van der Waals surface area contributed by atoms with E-state index in [2.05, 4.69) is 0 Å². The third kappa shape index (κ3) is 2.14. The number of hydrogen-bond donors (Lipinski definition) is 0. The fourth-order valence-electron chi connectivity index (χ4n) is 1.24. The Hall–Kier alpha value is -1.18. The van der Waals surface area contributed by atoms with E-state index in [9.17, 15) is 9.59 Å². The molecule has 1 aliphatic carbocycles. The zero-order valence-electron chi connectivity index (χ0n) is 8.20. The molecule has 0 bridgehead atoms. The Morgan fingerprint density at radius 2 is 1.69 bits per heavy atom. The monoisotopic (exact) mass is 178 g/mol. The Balaban J connectivity index is 2.90. The van der Waals surface area contributed by atoms with Crippen LogP contribution in [0.15, 0.2) is 23.8 Å². The number of carbonyl (C=O) groups excluding carboxylic acids is 2. The largest absolute Gasteiger partial charge is 0.290 e. The maximum atomic E-state index is 11.4. The van der Waals surface area contributed by atoms with Crippen LogP contribution in [0.5, 0.6) is 0 Å². The molecule has 2 heteroatoms. The van der Waals surface area contributed by atoms with Crippen LogP contribution in [0.2, 0.25) is 0 Å². The van der Waals surface area contributed by atoms with Gasteiger partial charge in [-0.1, -0.05) is 20.8 Å². The Kier molecular flexibility index (Phi) is 2.81. The zero-order chi connectivity index (χ0) is 10.0. The van der Waals surface area contributed by atoms with E-state index in [0.717, 1.165) is 0 Å². The van der Waals surface area contributed by atoms with Crippen LogP contribution in [0.3, 0.4) is 0 Å². The molecule has 0 amide bonds. The van der Waals surface area contributed by atoms with Crippen molar-refractivity contribution in [3.63, 3.8) is 0 Å². The Labute approximate surface area is 78.3 Å². The third-order valence-electron chi connectivity index (χ3n) is 2.47. The lowest BCUT2D eigenvalue weighted by Crippen LogP contribution is -2.17. The third-order valence-corrected chi connectivity index (χ3v) is 2.47. The summed E-state index contributed by atoms with van der Waals surface area (Å²) in [5.41, 5.74) is 0.641. The van der Waals surface area contributed by atoms with Crippen molar-refractivity contribution in [2.75, 3.05) is 0 Å². The molecule has 13 heavy (non-hydrogen) atoms. The van der Waals surface area contributed by atoms with E-state index in [-0.39, 0.29) is 17.5 Å². The summed E-state index contributed by atoms with van der Waals surface area (Å²) in [5.74, 6) is 0.429. The fourth-order valence-corrected chi connectivity index (χ4v) is 1.24. The van der Waals surface area contributed by atoms with Gasteiger partial charge in [-0.15, -0.1) is 0 Å². The topological polar surface area (TPSA) is 34.1 Å². The molecular formula is C11H14O2. The molecular weight excluding hydrogens is 164 g/mol. The molecule has 1 unspecified atom stereocenters. The summed E-state index contributed by atoms with van der Waals surface area (Å²) in [6.07, 6.45) is 4.13. The van der Waals surface area contributed by atoms with Gasteiger partial charge in [-0.05, 0) is 30.1 Å². The van der Waals surface area contributed by atoms with Crippen LogP contribution in [0.4, 0.5) is 0 Å². The van der Waals surface area contributed by atoms with Gasteiger partial charge in [-0.25, -0.2) is 0 Å². The number of hydrogen-bond acceptors (Lipinski definition) is 2. The highest BCUT2D eigenvalue weighted by molar-refractivity contribution is 6.17. The van der Waals surface area contributed by atoms with Gasteiger partial charge in [0.15, 0.2) is 11.6 Å². The molecule has 0 radical (unpaired) electrons. The molecule has 0 heterocycles. The lowest BCUT2D eigenvalue weighted by Gasteiger charge is -2.18. The molecule has 0 aliphatic heterocycles. The van der Waals surface area contributed by atoms with Gasteiger partial charge in [0.2, 0.25) is 0 Å². The zero-order valence-corrected chi connectivity index (χ0v) is 8.20. The minimum absolute atomic E-state index is 0.0270. The maximum absolute atomic E-state index is 11.4. The maximum Gasteiger partial charge on any atom is 0.182 e. The molecule has 0 saturated carbocycles. The summed E-state index contributed by atoms with van der Waals surface area (Å²) in [7, 11) is 0. The summed E-state index contributed by atoms with van der Waals surface area (Å²) in [6, 6.07) is 0. The van der Waals surface area contributed by atoms with Crippen LogP contribution in [0.25, 0.3) is 0 Å². The molecule has 0 fully saturated rings. The first-order valence-electron chi connectivity index (χ1n) is 4.50. The van der Waals surface area contributed by atoms with Crippen molar-refractivity contribution in [2.24, 2.45) is 11.8 Å². The highest BCUT2D eigenvalue weighted by Crippen LogP contribution is 2.22. The van der Waals surface area contributed by atoms with E-state index in [1.54, 1.807) is 0 Å². The summed E-state index contributed by atoms with van der Waals surface area (Å²) in [4.78, 5) is 22.4. The van der Waals surface area contributed by atoms with Crippen LogP contribution in [-0.2, 0) is 9.59 Å². The quantitative estimate of drug-likeness (QED) is 0.605. The second kappa shape index (κ2) is 3.69. The molecule has 0 aromatic heterocycles. The van der Waals surface area contributed by atoms with Gasteiger partial charge in [0, 0.05) is 5.57 Å². The van der Waals surface area contributed by atoms with Crippen LogP contribution < -0.4 is 0 Å². The van der Waals surface area contributed by atoms with Crippen molar-refractivity contribution >= 4 is 11.6 Å². The Bertz CT molecular complexity index is 295. The molecule has 0 aromatic rings. The van der Waals surface area contributed by atoms with Gasteiger partial charge >= 0.3 is 0 Å². The standard InChI is InChI=1S/C11H14O2/c1-7(2)8(3)10-6-9(12)4-5-11(10)13/h4-8H,1-3H3. The summed E-state index contributed by atoms with van der Waals surface area (Å²) >= 11 is 0. The normalized spacial score (nSPS) is 19.2. The molecule has 0 saturated heterocycles. The smallest absolute Gasteiger partial charge is 0.182 e. The lowest BCUT2D eigenvalue weighted by molar-refractivity contribution is -0.115. The van der Waals surface area contributed by atoms with E-state index >= 15 is 0 Å². The van der Waals surface area contributed by atoms with Crippen molar-refractivity contribution in [2.45, 2.75) is 20.8 Å². The SMILES string of the molecule is CC(C)C(C)C1=CC(=O)C=CC1=O. The Morgan fingerprint density at radius 1 is 1.08 bits per heavy atom. The molecule has 70 valence electrons. The van der Waals surface area contributed by atoms with E-state index in [0.29, 0.717) is 11.5 Å². The fraction of sp³-hybridized carbons (Fsp3) is 0.455. The summed E-state index contributed by atoms with van der Waals surface area (Å²) in [6.45, 7) is 6.06. The van der Waals surface area contributed by atoms with Crippen LogP contribution in [0.1, 0.15) is 20.8 Å². The molecule has 1 rings (SSSR count). The van der Waals surface area contributed by atoms with Gasteiger partial charge in [0.05, 0.1) is 0 Å². The van der Waals surface area contributed by atoms with Crippen molar-refractivity contribution in [3.05, 3.63) is 23.8 Å². The number of rotatable bonds is 2. The van der Waals surface area contributed by atoms with E-state index in [1.807, 2.05) is 20.8 Å². The van der Waals surface area contributed by atoms with Crippen molar-refractivity contribution in [1.29, 1.82) is 0 Å². The molecule has 0 spiro atoms. The summed E-state index contributed by atoms with van der Waals surface area (Å²) in [5, 5.41) is 0. The first-order chi connectivity index (χ1) is 6.02. The van der Waals surface area contributed by atoms with Gasteiger partial charge in [-0.3, -0.25) is 9.59 Å². The minimum Gasteiger partial charge on any atom is -0.290 e. The van der Waals surface area contributed by atoms with Gasteiger partial charge in [0.1, 0.15) is 0 Å². The van der Waals surface area contributed by atoms with Crippen LogP contribution in [-0.4, -0.2) is 11.6 Å². The second-order valence-electron chi connectivity index (χ2n) is 3.73. The second-order valence-corrected chi connectivity index (χ2v) is 3.73. The predicted molar refractivity (Wildman–Crippen MR) is 51.2 cm³/mol. The van der Waals surface area contributed by atoms with Crippen LogP contribution >= 0.6 is 0 Å². The van der Waals surface area contributed by atoms with Gasteiger partial charge in [0.25, 0.3) is 0 Å². The average molecular weight is 178 g/mol. The molecule has 1 aliphatic rings. The molecule has 0 aromatic carbocycles. The minimum atomic E-state index is -0.0814. The van der Waals surface area contributed by atoms with Gasteiger partial charge < -0.3 is 0 Å². The first-order valence-corrected chi connectivity index (χ1v) is 4.50. The molecule has 1 atom stereocenters. The number of ketones is 2. The van der Waals surface area contributed by atoms with E-state index < -0.39 is 0 Å². The highest BCUT2D eigenvalue weighted by Gasteiger charge is 2.21.